The number of hydrogen-bond donors (Lipinski definition) is 2. The first-order valence-corrected chi connectivity index (χ1v) is 5.12. The van der Waals surface area contributed by atoms with E-state index in [0.29, 0.717) is 19.4 Å². The number of aromatic amines is 2. The van der Waals surface area contributed by atoms with E-state index in [-0.39, 0.29) is 6.54 Å². The van der Waals surface area contributed by atoms with E-state index in [0.717, 1.165) is 11.0 Å². The maximum atomic E-state index is 11.2. The predicted octanol–water partition coefficient (Wildman–Crippen LogP) is -1.27. The van der Waals surface area contributed by atoms with Gasteiger partial charge >= 0.3 is 17.1 Å². The number of carbonyl (C=O) groups excluding carboxylic acids is 1. The lowest BCUT2D eigenvalue weighted by Crippen LogP contribution is -2.43. The van der Waals surface area contributed by atoms with Crippen molar-refractivity contribution in [3.8, 4) is 0 Å². The number of H-pyrrole nitrogens is 2. The smallest absolute Gasteiger partial charge is 0.259 e. The number of rotatable bonds is 6. The second-order valence-electron chi connectivity index (χ2n) is 3.37. The molecule has 0 unspecified atom stereocenters. The van der Waals surface area contributed by atoms with Gasteiger partial charge in [0.25, 0.3) is 0 Å². The maximum Gasteiger partial charge on any atom is 0.333 e. The second-order valence-corrected chi connectivity index (χ2v) is 3.37. The van der Waals surface area contributed by atoms with Crippen LogP contribution >= 0.6 is 0 Å². The Morgan fingerprint density at radius 2 is 1.71 bits per heavy atom. The Morgan fingerprint density at radius 3 is 2.29 bits per heavy atom. The average Bonchev–Trinajstić information content (AvgIpc) is 2.26. The fourth-order valence-corrected chi connectivity index (χ4v) is 1.34. The molecule has 0 amide bonds. The molecule has 17 heavy (non-hydrogen) atoms. The van der Waals surface area contributed by atoms with Gasteiger partial charge in [0.2, 0.25) is 6.08 Å². The molecule has 0 fully saturated rings. The minimum Gasteiger partial charge on any atom is -0.259 e. The number of aliphatic imine (C=N–C) groups is 1. The number of isocyanates is 1. The Bertz CT molecular complexity index is 541. The van der Waals surface area contributed by atoms with E-state index < -0.39 is 17.1 Å². The van der Waals surface area contributed by atoms with Crippen molar-refractivity contribution in [3.05, 3.63) is 31.5 Å². The van der Waals surface area contributed by atoms with Crippen molar-refractivity contribution in [1.82, 2.24) is 14.5 Å². The van der Waals surface area contributed by atoms with Gasteiger partial charge in [-0.1, -0.05) is 0 Å². The molecule has 0 saturated carbocycles. The molecule has 0 aliphatic carbocycles. The molecule has 8 heteroatoms. The van der Waals surface area contributed by atoms with Gasteiger partial charge in [0, 0.05) is 6.54 Å². The van der Waals surface area contributed by atoms with Crippen LogP contribution in [0, 0.1) is 0 Å². The lowest BCUT2D eigenvalue weighted by atomic mass is 10.2. The third kappa shape index (κ3) is 4.04. The molecule has 0 saturated heterocycles. The van der Waals surface area contributed by atoms with Gasteiger partial charge in [-0.05, 0) is 19.3 Å². The summed E-state index contributed by atoms with van der Waals surface area (Å²) in [7, 11) is 0. The first-order valence-electron chi connectivity index (χ1n) is 5.12. The van der Waals surface area contributed by atoms with Gasteiger partial charge in [-0.3, -0.25) is 9.97 Å². The Balaban J connectivity index is 2.53. The Kier molecular flexibility index (Phi) is 4.83. The van der Waals surface area contributed by atoms with E-state index >= 15 is 0 Å². The Hall–Kier alpha value is -2.21. The van der Waals surface area contributed by atoms with E-state index in [9.17, 15) is 19.2 Å². The van der Waals surface area contributed by atoms with Gasteiger partial charge < -0.3 is 0 Å². The number of unbranched alkanes of at least 4 members (excludes halogenated alkanes) is 2. The van der Waals surface area contributed by atoms with Gasteiger partial charge in [-0.2, -0.15) is 0 Å². The van der Waals surface area contributed by atoms with Gasteiger partial charge in [-0.25, -0.2) is 28.7 Å². The fraction of sp³-hybridized carbons (Fsp3) is 0.556. The topological polar surface area (TPSA) is 117 Å². The van der Waals surface area contributed by atoms with Crippen molar-refractivity contribution in [2.45, 2.75) is 25.8 Å². The molecule has 0 aliphatic heterocycles. The third-order valence-corrected chi connectivity index (χ3v) is 2.15. The maximum absolute atomic E-state index is 11.2. The van der Waals surface area contributed by atoms with Crippen LogP contribution in [0.2, 0.25) is 0 Å². The minimum atomic E-state index is -0.809. The Morgan fingerprint density at radius 1 is 1.06 bits per heavy atom. The highest BCUT2D eigenvalue weighted by atomic mass is 16.2. The van der Waals surface area contributed by atoms with Crippen molar-refractivity contribution in [3.63, 3.8) is 0 Å². The molecule has 1 aromatic heterocycles. The summed E-state index contributed by atoms with van der Waals surface area (Å²) >= 11 is 0. The van der Waals surface area contributed by atoms with Crippen LogP contribution in [0.25, 0.3) is 0 Å². The summed E-state index contributed by atoms with van der Waals surface area (Å²) < 4.78 is 0.921. The molecule has 1 rings (SSSR count). The van der Waals surface area contributed by atoms with E-state index in [4.69, 9.17) is 0 Å². The molecule has 0 spiro atoms. The van der Waals surface area contributed by atoms with Crippen LogP contribution in [0.3, 0.4) is 0 Å². The summed E-state index contributed by atoms with van der Waals surface area (Å²) in [4.78, 5) is 50.3. The molecule has 0 aliphatic rings. The molecule has 0 atom stereocenters. The van der Waals surface area contributed by atoms with Crippen LogP contribution in [0.1, 0.15) is 19.3 Å². The van der Waals surface area contributed by atoms with Crippen molar-refractivity contribution < 1.29 is 4.79 Å². The molecule has 0 aromatic carbocycles. The third-order valence-electron chi connectivity index (χ3n) is 2.15. The minimum absolute atomic E-state index is 0.218. The molecule has 1 aromatic rings. The molecule has 1 heterocycles. The highest BCUT2D eigenvalue weighted by Gasteiger charge is 2.01. The number of hydrogen-bond acceptors (Lipinski definition) is 5. The quantitative estimate of drug-likeness (QED) is 0.366. The Labute approximate surface area is 95.0 Å². The molecular weight excluding hydrogens is 228 g/mol. The standard InChI is InChI=1S/C9H12N4O4/c14-6-10-4-2-1-3-5-13-8(16)11-7(15)12-9(13)17/h1-5H2,(H2,11,12,15,16,17). The van der Waals surface area contributed by atoms with Crippen LogP contribution in [0.4, 0.5) is 0 Å². The predicted molar refractivity (Wildman–Crippen MR) is 58.8 cm³/mol. The van der Waals surface area contributed by atoms with Crippen LogP contribution in [-0.4, -0.2) is 27.2 Å². The second kappa shape index (κ2) is 6.39. The number of nitrogens with zero attached hydrogens (tertiary/aromatic N) is 2. The molecule has 92 valence electrons. The van der Waals surface area contributed by atoms with Crippen molar-refractivity contribution in [1.29, 1.82) is 0 Å². The lowest BCUT2D eigenvalue weighted by Gasteiger charge is -2.01. The molecule has 2 N–H and O–H groups in total. The summed E-state index contributed by atoms with van der Waals surface area (Å²) in [5.74, 6) is 0. The highest BCUT2D eigenvalue weighted by molar-refractivity contribution is 5.32. The van der Waals surface area contributed by atoms with Crippen LogP contribution in [0.5, 0.6) is 0 Å². The number of aromatic nitrogens is 3. The van der Waals surface area contributed by atoms with Gasteiger partial charge in [-0.15, -0.1) is 0 Å². The van der Waals surface area contributed by atoms with E-state index in [1.807, 2.05) is 9.97 Å². The molecular formula is C9H12N4O4. The zero-order valence-corrected chi connectivity index (χ0v) is 9.06. The van der Waals surface area contributed by atoms with Gasteiger partial charge in [0.15, 0.2) is 0 Å². The highest BCUT2D eigenvalue weighted by Crippen LogP contribution is 1.95. The fourth-order valence-electron chi connectivity index (χ4n) is 1.34. The lowest BCUT2D eigenvalue weighted by molar-refractivity contribution is 0.536. The van der Waals surface area contributed by atoms with Crippen LogP contribution in [0.15, 0.2) is 19.4 Å². The normalized spacial score (nSPS) is 9.88. The first-order chi connectivity index (χ1) is 8.15. The van der Waals surface area contributed by atoms with Crippen LogP contribution < -0.4 is 17.1 Å². The molecule has 8 nitrogen and oxygen atoms in total. The summed E-state index contributed by atoms with van der Waals surface area (Å²) in [5, 5.41) is 0. The average molecular weight is 240 g/mol. The van der Waals surface area contributed by atoms with E-state index in [1.54, 1.807) is 0 Å². The summed E-state index contributed by atoms with van der Waals surface area (Å²) in [6.07, 6.45) is 3.42. The van der Waals surface area contributed by atoms with Crippen molar-refractivity contribution in [2.75, 3.05) is 6.54 Å². The van der Waals surface area contributed by atoms with Gasteiger partial charge in [0.05, 0.1) is 6.54 Å². The number of nitrogens with one attached hydrogen (secondary N) is 2. The molecule has 0 bridgehead atoms. The summed E-state index contributed by atoms with van der Waals surface area (Å²) in [6, 6.07) is 0. The van der Waals surface area contributed by atoms with Gasteiger partial charge in [0.1, 0.15) is 0 Å². The van der Waals surface area contributed by atoms with Crippen molar-refractivity contribution >= 4 is 6.08 Å². The zero-order chi connectivity index (χ0) is 12.7. The molecule has 0 radical (unpaired) electrons. The van der Waals surface area contributed by atoms with Crippen molar-refractivity contribution in [2.24, 2.45) is 4.99 Å². The summed E-state index contributed by atoms with van der Waals surface area (Å²) in [6.45, 7) is 0.607. The van der Waals surface area contributed by atoms with Crippen LogP contribution in [-0.2, 0) is 11.3 Å². The SMILES string of the molecule is O=C=NCCCCCn1c(=O)[nH]c(=O)[nH]c1=O. The first kappa shape index (κ1) is 12.9. The monoisotopic (exact) mass is 240 g/mol. The summed E-state index contributed by atoms with van der Waals surface area (Å²) in [5.41, 5.74) is -2.24. The van der Waals surface area contributed by atoms with E-state index in [2.05, 4.69) is 4.99 Å². The largest absolute Gasteiger partial charge is 0.333 e. The van der Waals surface area contributed by atoms with E-state index in [1.165, 1.54) is 6.08 Å². The zero-order valence-electron chi connectivity index (χ0n) is 9.06.